The monoisotopic (exact) mass is 601 g/mol. The average molecular weight is 603 g/mol. The summed E-state index contributed by atoms with van der Waals surface area (Å²) in [6.07, 6.45) is 4.23. The summed E-state index contributed by atoms with van der Waals surface area (Å²) in [5, 5.41) is 4.29. The molecule has 0 radical (unpaired) electrons. The minimum absolute atomic E-state index is 0.177. The number of likely N-dealkylation sites (tertiary alicyclic amines) is 1. The number of allylic oxidation sites excluding steroid dienone is 1. The van der Waals surface area contributed by atoms with Gasteiger partial charge in [0, 0.05) is 29.6 Å². The summed E-state index contributed by atoms with van der Waals surface area (Å²) in [6, 6.07) is 9.79. The first-order valence-electron chi connectivity index (χ1n) is 13.0. The van der Waals surface area contributed by atoms with E-state index < -0.39 is 11.7 Å². The minimum atomic E-state index is -0.592. The highest BCUT2D eigenvalue weighted by Gasteiger charge is 2.49. The zero-order valence-electron chi connectivity index (χ0n) is 23.0. The maximum Gasteiger partial charge on any atom is 0.408 e. The number of carbonyl (C=O) groups is 2. The molecule has 1 spiro atoms. The molecule has 1 aliphatic carbocycles. The van der Waals surface area contributed by atoms with Crippen LogP contribution in [0.4, 0.5) is 4.79 Å². The Balaban J connectivity index is 1.54. The Morgan fingerprint density at radius 3 is 2.60 bits per heavy atom. The van der Waals surface area contributed by atoms with Crippen LogP contribution in [0, 0.1) is 5.41 Å². The van der Waals surface area contributed by atoms with Crippen molar-refractivity contribution in [2.24, 2.45) is 15.4 Å². The molecule has 0 saturated carbocycles. The Morgan fingerprint density at radius 2 is 1.95 bits per heavy atom. The van der Waals surface area contributed by atoms with Crippen molar-refractivity contribution in [2.75, 3.05) is 13.1 Å². The van der Waals surface area contributed by atoms with Gasteiger partial charge >= 0.3 is 6.09 Å². The highest BCUT2D eigenvalue weighted by atomic mass is 35.5. The fraction of sp³-hybridized carbons (Fsp3) is 0.414. The van der Waals surface area contributed by atoms with Gasteiger partial charge in [-0.1, -0.05) is 59.2 Å². The summed E-state index contributed by atoms with van der Waals surface area (Å²) in [4.78, 5) is 40.4. The number of amides is 1. The minimum Gasteiger partial charge on any atom is -0.444 e. The molecule has 8 nitrogen and oxygen atoms in total. The van der Waals surface area contributed by atoms with E-state index in [2.05, 4.69) is 39.1 Å². The molecule has 11 heteroatoms. The van der Waals surface area contributed by atoms with Crippen LogP contribution in [0.3, 0.4) is 0 Å². The maximum atomic E-state index is 12.8. The maximum absolute atomic E-state index is 12.8. The van der Waals surface area contributed by atoms with E-state index >= 15 is 0 Å². The summed E-state index contributed by atoms with van der Waals surface area (Å²) in [6.45, 7) is 12.3. The number of hydrogen-bond acceptors (Lipinski definition) is 8. The molecular weight excluding hydrogens is 569 g/mol. The lowest BCUT2D eigenvalue weighted by Gasteiger charge is -2.44. The van der Waals surface area contributed by atoms with Crippen LogP contribution in [0.15, 0.2) is 62.9 Å². The molecule has 1 amide bonds. The second-order valence-corrected chi connectivity index (χ2v) is 12.9. The number of piperidine rings is 1. The number of thioether (sulfide) groups is 1. The molecule has 40 heavy (non-hydrogen) atoms. The molecule has 1 N–H and O–H groups in total. The lowest BCUT2D eigenvalue weighted by molar-refractivity contribution is -0.105. The van der Waals surface area contributed by atoms with E-state index in [1.54, 1.807) is 19.2 Å². The summed E-state index contributed by atoms with van der Waals surface area (Å²) < 4.78 is 5.60. The number of nitrogens with one attached hydrogen (secondary N) is 1. The first-order chi connectivity index (χ1) is 19.0. The number of aromatic nitrogens is 1. The lowest BCUT2D eigenvalue weighted by Crippen LogP contribution is -2.47. The largest absolute Gasteiger partial charge is 0.444 e. The quantitative estimate of drug-likeness (QED) is 0.0968. The normalized spacial score (nSPS) is 19.1. The number of fused-ring (bicyclic) bond motifs is 1. The van der Waals surface area contributed by atoms with E-state index in [0.717, 1.165) is 24.8 Å². The smallest absolute Gasteiger partial charge is 0.408 e. The van der Waals surface area contributed by atoms with Crippen LogP contribution < -0.4 is 5.32 Å². The number of aldehydes is 1. The number of ether oxygens (including phenoxy) is 1. The lowest BCUT2D eigenvalue weighted by atomic mass is 9.72. The predicted molar refractivity (Wildman–Crippen MR) is 161 cm³/mol. The Labute approximate surface area is 249 Å². The van der Waals surface area contributed by atoms with Crippen LogP contribution in [0.2, 0.25) is 10.2 Å². The van der Waals surface area contributed by atoms with Crippen LogP contribution in [-0.2, 0) is 16.0 Å². The molecular formula is C29H33Cl2N5O3S. The number of nitrogens with zero attached hydrogens (tertiary/aromatic N) is 4. The van der Waals surface area contributed by atoms with Crippen LogP contribution in [0.25, 0.3) is 0 Å². The molecule has 1 aromatic heterocycles. The van der Waals surface area contributed by atoms with Crippen molar-refractivity contribution in [1.29, 1.82) is 0 Å². The van der Waals surface area contributed by atoms with Gasteiger partial charge in [0.05, 0.1) is 16.1 Å². The van der Waals surface area contributed by atoms with Crippen LogP contribution in [-0.4, -0.2) is 52.7 Å². The van der Waals surface area contributed by atoms with Crippen molar-refractivity contribution in [3.63, 3.8) is 0 Å². The van der Waals surface area contributed by atoms with Gasteiger partial charge in [-0.3, -0.25) is 4.79 Å². The molecule has 2 aromatic rings. The number of halogens is 2. The molecule has 212 valence electrons. The third-order valence-corrected chi connectivity index (χ3v) is 8.90. The van der Waals surface area contributed by atoms with Crippen molar-refractivity contribution in [2.45, 2.75) is 63.5 Å². The van der Waals surface area contributed by atoms with Crippen LogP contribution in [0.5, 0.6) is 0 Å². The fourth-order valence-corrected chi connectivity index (χ4v) is 6.60. The second kappa shape index (κ2) is 12.3. The van der Waals surface area contributed by atoms with E-state index in [1.807, 2.05) is 37.8 Å². The number of rotatable bonds is 6. The second-order valence-electron chi connectivity index (χ2n) is 10.9. The Morgan fingerprint density at radius 1 is 1.25 bits per heavy atom. The third kappa shape index (κ3) is 6.70. The highest BCUT2D eigenvalue weighted by Crippen LogP contribution is 2.52. The zero-order valence-corrected chi connectivity index (χ0v) is 25.4. The predicted octanol–water partition coefficient (Wildman–Crippen LogP) is 6.87. The van der Waals surface area contributed by atoms with Crippen molar-refractivity contribution < 1.29 is 14.3 Å². The van der Waals surface area contributed by atoms with Crippen molar-refractivity contribution >= 4 is 59.1 Å². The number of aliphatic imine (C=N–C) groups is 2. The van der Waals surface area contributed by atoms with Crippen molar-refractivity contribution in [1.82, 2.24) is 15.2 Å². The summed E-state index contributed by atoms with van der Waals surface area (Å²) >= 11 is 13.6. The molecule has 2 heterocycles. The molecule has 4 rings (SSSR count). The Bertz CT molecular complexity index is 1360. The molecule has 2 aliphatic rings. The molecule has 1 aliphatic heterocycles. The van der Waals surface area contributed by atoms with E-state index in [1.165, 1.54) is 17.3 Å². The van der Waals surface area contributed by atoms with Gasteiger partial charge in [-0.25, -0.2) is 19.8 Å². The topological polar surface area (TPSA) is 96.3 Å². The fourth-order valence-electron chi connectivity index (χ4n) is 5.38. The van der Waals surface area contributed by atoms with Crippen LogP contribution in [0.1, 0.15) is 57.7 Å². The number of benzene rings is 1. The highest BCUT2D eigenvalue weighted by molar-refractivity contribution is 8.14. The molecule has 0 unspecified atom stereocenters. The van der Waals surface area contributed by atoms with Gasteiger partial charge in [0.15, 0.2) is 12.1 Å². The van der Waals surface area contributed by atoms with Gasteiger partial charge < -0.3 is 15.0 Å². The van der Waals surface area contributed by atoms with Gasteiger partial charge in [0.2, 0.25) is 0 Å². The number of hydrogen-bond donors (Lipinski definition) is 1. The van der Waals surface area contributed by atoms with Crippen molar-refractivity contribution in [3.05, 3.63) is 69.3 Å². The first kappa shape index (κ1) is 30.1. The zero-order chi connectivity index (χ0) is 29.1. The molecule has 1 saturated heterocycles. The number of alkyl carbamates (subject to hydrolysis) is 1. The van der Waals surface area contributed by atoms with E-state index in [9.17, 15) is 9.59 Å². The van der Waals surface area contributed by atoms with Gasteiger partial charge in [0.25, 0.3) is 0 Å². The van der Waals surface area contributed by atoms with Gasteiger partial charge in [-0.15, -0.1) is 0 Å². The third-order valence-electron chi connectivity index (χ3n) is 7.08. The molecule has 0 bridgehead atoms. The van der Waals surface area contributed by atoms with Crippen LogP contribution >= 0.6 is 35.0 Å². The average Bonchev–Trinajstić information content (AvgIpc) is 3.18. The van der Waals surface area contributed by atoms with Gasteiger partial charge in [-0.2, -0.15) is 0 Å². The SMILES string of the molecule is C=N/C(=C(C=O)\N=C(/C)Sc1ccnc(Cl)c1Cl)N1CCC2(CC1)Cc1ccccc1[C@H]2NC(=O)OC(C)(C)C. The van der Waals surface area contributed by atoms with Crippen molar-refractivity contribution in [3.8, 4) is 0 Å². The van der Waals surface area contributed by atoms with E-state index in [-0.39, 0.29) is 22.3 Å². The standard InChI is InChI=1S/C29H33Cl2N5O3S/c1-18(40-22-10-13-33-25(31)23(22)30)34-21(17-37)26(32-5)36-14-11-29(12-15-36)16-19-8-6-7-9-20(19)24(29)35-27(38)39-28(2,3)4/h6-10,13,17,24H,5,11-12,14-16H2,1-4H3,(H,35,38)/b26-21+,34-18+/t24-/m1/s1. The molecule has 1 aromatic carbocycles. The summed E-state index contributed by atoms with van der Waals surface area (Å²) in [5.74, 6) is 0.427. The summed E-state index contributed by atoms with van der Waals surface area (Å²) in [5.41, 5.74) is 1.77. The summed E-state index contributed by atoms with van der Waals surface area (Å²) in [7, 11) is 0. The first-order valence-corrected chi connectivity index (χ1v) is 14.5. The Kier molecular flexibility index (Phi) is 9.27. The number of carbonyl (C=O) groups excluding carboxylic acids is 2. The van der Waals surface area contributed by atoms with E-state index in [4.69, 9.17) is 27.9 Å². The Hall–Kier alpha value is -2.88. The van der Waals surface area contributed by atoms with Gasteiger partial charge in [-0.05, 0) is 70.9 Å². The molecule has 1 fully saturated rings. The van der Waals surface area contributed by atoms with E-state index in [0.29, 0.717) is 40.2 Å². The number of pyridine rings is 1. The van der Waals surface area contributed by atoms with Gasteiger partial charge in [0.1, 0.15) is 16.5 Å². The molecule has 1 atom stereocenters.